The fraction of sp³-hybridized carbons (Fsp3) is 0.529. The molecule has 2 N–H and O–H groups in total. The predicted molar refractivity (Wildman–Crippen MR) is 101 cm³/mol. The molecule has 0 amide bonds. The van der Waals surface area contributed by atoms with Crippen LogP contribution >= 0.6 is 23.7 Å². The van der Waals surface area contributed by atoms with Gasteiger partial charge in [-0.2, -0.15) is 0 Å². The molecule has 22 heavy (non-hydrogen) atoms. The highest BCUT2D eigenvalue weighted by Gasteiger charge is 2.19. The highest BCUT2D eigenvalue weighted by Crippen LogP contribution is 2.34. The number of halogens is 1. The Balaban J connectivity index is 0.00000176. The summed E-state index contributed by atoms with van der Waals surface area (Å²) in [5.41, 5.74) is 8.34. The van der Waals surface area contributed by atoms with E-state index in [2.05, 4.69) is 40.3 Å². The zero-order chi connectivity index (χ0) is 14.7. The number of thiophene rings is 1. The van der Waals surface area contributed by atoms with Crippen molar-refractivity contribution >= 4 is 39.5 Å². The van der Waals surface area contributed by atoms with Crippen LogP contribution in [0.4, 0.5) is 5.69 Å². The number of piperazine rings is 1. The third-order valence-electron chi connectivity index (χ3n) is 4.35. The summed E-state index contributed by atoms with van der Waals surface area (Å²) in [6.07, 6.45) is 2.38. The number of fused-ring (bicyclic) bond motifs is 1. The van der Waals surface area contributed by atoms with E-state index in [-0.39, 0.29) is 12.4 Å². The summed E-state index contributed by atoms with van der Waals surface area (Å²) in [5, 5.41) is 3.75. The average molecular weight is 340 g/mol. The van der Waals surface area contributed by atoms with Crippen LogP contribution in [0.5, 0.6) is 0 Å². The molecule has 0 spiro atoms. The summed E-state index contributed by atoms with van der Waals surface area (Å²) in [4.78, 5) is 5.12. The molecule has 1 aliphatic rings. The van der Waals surface area contributed by atoms with Gasteiger partial charge < -0.3 is 10.6 Å². The Bertz CT molecular complexity index is 591. The molecule has 0 saturated carbocycles. The van der Waals surface area contributed by atoms with Crippen molar-refractivity contribution in [3.63, 3.8) is 0 Å². The van der Waals surface area contributed by atoms with Gasteiger partial charge in [0.15, 0.2) is 0 Å². The average Bonchev–Trinajstić information content (AvgIpc) is 2.91. The van der Waals surface area contributed by atoms with Gasteiger partial charge in [0, 0.05) is 41.6 Å². The molecule has 1 aromatic heterocycles. The van der Waals surface area contributed by atoms with Gasteiger partial charge in [0.1, 0.15) is 0 Å². The van der Waals surface area contributed by atoms with E-state index in [9.17, 15) is 0 Å². The summed E-state index contributed by atoms with van der Waals surface area (Å²) < 4.78 is 1.41. The van der Waals surface area contributed by atoms with Crippen molar-refractivity contribution in [2.24, 2.45) is 5.73 Å². The van der Waals surface area contributed by atoms with Crippen LogP contribution in [-0.4, -0.2) is 44.2 Å². The van der Waals surface area contributed by atoms with Crippen molar-refractivity contribution in [1.29, 1.82) is 0 Å². The van der Waals surface area contributed by atoms with E-state index in [1.54, 1.807) is 0 Å². The molecule has 0 unspecified atom stereocenters. The second-order valence-electron chi connectivity index (χ2n) is 5.95. The first kappa shape index (κ1) is 17.5. The quantitative estimate of drug-likeness (QED) is 0.846. The molecule has 122 valence electrons. The number of benzene rings is 1. The Morgan fingerprint density at radius 2 is 1.91 bits per heavy atom. The van der Waals surface area contributed by atoms with Crippen LogP contribution in [-0.2, 0) is 0 Å². The molecule has 2 heterocycles. The molecule has 3 nitrogen and oxygen atoms in total. The lowest BCUT2D eigenvalue weighted by Crippen LogP contribution is -2.46. The van der Waals surface area contributed by atoms with Crippen LogP contribution in [0, 0.1) is 6.92 Å². The normalized spacial score (nSPS) is 16.0. The molecule has 1 aromatic carbocycles. The van der Waals surface area contributed by atoms with E-state index < -0.39 is 0 Å². The Morgan fingerprint density at radius 1 is 1.14 bits per heavy atom. The Morgan fingerprint density at radius 3 is 2.64 bits per heavy atom. The number of unbranched alkanes of at least 4 members (excludes halogenated alkanes) is 1. The van der Waals surface area contributed by atoms with E-state index in [0.717, 1.165) is 26.1 Å². The van der Waals surface area contributed by atoms with Gasteiger partial charge in [-0.1, -0.05) is 12.1 Å². The van der Waals surface area contributed by atoms with Crippen molar-refractivity contribution in [2.45, 2.75) is 19.8 Å². The SMILES string of the molecule is Cc1ccc2c(N3CCN(CCCCN)CC3)csc2c1.Cl. The monoisotopic (exact) mass is 339 g/mol. The Kier molecular flexibility index (Phi) is 6.50. The number of rotatable bonds is 5. The lowest BCUT2D eigenvalue weighted by atomic mass is 10.1. The lowest BCUT2D eigenvalue weighted by molar-refractivity contribution is 0.253. The first-order valence-corrected chi connectivity index (χ1v) is 8.81. The topological polar surface area (TPSA) is 32.5 Å². The maximum Gasteiger partial charge on any atom is 0.0555 e. The van der Waals surface area contributed by atoms with Gasteiger partial charge in [0.25, 0.3) is 0 Å². The van der Waals surface area contributed by atoms with E-state index in [1.165, 1.54) is 47.4 Å². The second-order valence-corrected chi connectivity index (χ2v) is 6.86. The molecule has 1 aliphatic heterocycles. The summed E-state index contributed by atoms with van der Waals surface area (Å²) in [7, 11) is 0. The first-order chi connectivity index (χ1) is 10.3. The van der Waals surface area contributed by atoms with Gasteiger partial charge in [-0.15, -0.1) is 23.7 Å². The largest absolute Gasteiger partial charge is 0.368 e. The molecule has 0 aliphatic carbocycles. The van der Waals surface area contributed by atoms with Crippen molar-refractivity contribution in [3.8, 4) is 0 Å². The molecule has 0 atom stereocenters. The molecule has 5 heteroatoms. The fourth-order valence-electron chi connectivity index (χ4n) is 3.06. The van der Waals surface area contributed by atoms with E-state index in [4.69, 9.17) is 5.73 Å². The molecule has 0 radical (unpaired) electrons. The number of nitrogens with zero attached hydrogens (tertiary/aromatic N) is 2. The van der Waals surface area contributed by atoms with Gasteiger partial charge in [-0.05, 0) is 44.5 Å². The molecule has 1 fully saturated rings. The third kappa shape index (κ3) is 3.93. The van der Waals surface area contributed by atoms with Crippen LogP contribution in [0.15, 0.2) is 23.6 Å². The molecule has 2 aromatic rings. The van der Waals surface area contributed by atoms with Crippen molar-refractivity contribution < 1.29 is 0 Å². The Hall–Kier alpha value is -0.810. The predicted octanol–water partition coefficient (Wildman–Crippen LogP) is 3.49. The van der Waals surface area contributed by atoms with Gasteiger partial charge in [-0.3, -0.25) is 4.90 Å². The minimum Gasteiger partial charge on any atom is -0.368 e. The highest BCUT2D eigenvalue weighted by atomic mass is 35.5. The van der Waals surface area contributed by atoms with E-state index in [1.807, 2.05) is 11.3 Å². The minimum atomic E-state index is 0. The standard InChI is InChI=1S/C17H25N3S.ClH/c1-14-4-5-15-16(13-21-17(15)12-14)20-10-8-19(9-11-20)7-3-2-6-18;/h4-5,12-13H,2-3,6-11,18H2,1H3;1H. The lowest BCUT2D eigenvalue weighted by Gasteiger charge is -2.35. The third-order valence-corrected chi connectivity index (χ3v) is 5.28. The number of anilines is 1. The summed E-state index contributed by atoms with van der Waals surface area (Å²) in [6.45, 7) is 8.82. The van der Waals surface area contributed by atoms with E-state index in [0.29, 0.717) is 0 Å². The van der Waals surface area contributed by atoms with E-state index >= 15 is 0 Å². The second kappa shape index (κ2) is 8.16. The minimum absolute atomic E-state index is 0. The van der Waals surface area contributed by atoms with Gasteiger partial charge >= 0.3 is 0 Å². The van der Waals surface area contributed by atoms with Gasteiger partial charge in [0.2, 0.25) is 0 Å². The van der Waals surface area contributed by atoms with Crippen molar-refractivity contribution in [2.75, 3.05) is 44.2 Å². The maximum absolute atomic E-state index is 5.57. The molecular weight excluding hydrogens is 314 g/mol. The van der Waals surface area contributed by atoms with Gasteiger partial charge in [-0.25, -0.2) is 0 Å². The highest BCUT2D eigenvalue weighted by molar-refractivity contribution is 7.17. The first-order valence-electron chi connectivity index (χ1n) is 7.93. The zero-order valence-corrected chi connectivity index (χ0v) is 14.9. The number of aryl methyl sites for hydroxylation is 1. The van der Waals surface area contributed by atoms with Crippen LogP contribution < -0.4 is 10.6 Å². The fourth-order valence-corrected chi connectivity index (χ4v) is 4.13. The van der Waals surface area contributed by atoms with Crippen LogP contribution in [0.1, 0.15) is 18.4 Å². The van der Waals surface area contributed by atoms with Crippen LogP contribution in [0.3, 0.4) is 0 Å². The number of nitrogens with two attached hydrogens (primary N) is 1. The summed E-state index contributed by atoms with van der Waals surface area (Å²) >= 11 is 1.87. The number of hydrogen-bond donors (Lipinski definition) is 1. The summed E-state index contributed by atoms with van der Waals surface area (Å²) in [6, 6.07) is 6.80. The van der Waals surface area contributed by atoms with Crippen molar-refractivity contribution in [3.05, 3.63) is 29.1 Å². The Labute approximate surface area is 143 Å². The zero-order valence-electron chi connectivity index (χ0n) is 13.3. The molecule has 0 bridgehead atoms. The number of hydrogen-bond acceptors (Lipinski definition) is 4. The smallest absolute Gasteiger partial charge is 0.0555 e. The maximum atomic E-state index is 5.57. The van der Waals surface area contributed by atoms with Crippen LogP contribution in [0.25, 0.3) is 10.1 Å². The van der Waals surface area contributed by atoms with Crippen molar-refractivity contribution in [1.82, 2.24) is 4.90 Å². The molecule has 1 saturated heterocycles. The molecular formula is C17H26ClN3S. The van der Waals surface area contributed by atoms with Gasteiger partial charge in [0.05, 0.1) is 5.69 Å². The summed E-state index contributed by atoms with van der Waals surface area (Å²) in [5.74, 6) is 0. The van der Waals surface area contributed by atoms with Crippen LogP contribution in [0.2, 0.25) is 0 Å². The molecule has 3 rings (SSSR count).